The molecule has 0 aromatic carbocycles. The van der Waals surface area contributed by atoms with Crippen molar-refractivity contribution in [3.05, 3.63) is 22.8 Å². The number of anilines is 1. The maximum absolute atomic E-state index is 6.27. The van der Waals surface area contributed by atoms with Crippen LogP contribution in [0.4, 0.5) is 5.82 Å². The lowest BCUT2D eigenvalue weighted by molar-refractivity contribution is 0.0901. The summed E-state index contributed by atoms with van der Waals surface area (Å²) in [5, 5.41) is 3.85. The van der Waals surface area contributed by atoms with Gasteiger partial charge in [-0.2, -0.15) is 0 Å². The summed E-state index contributed by atoms with van der Waals surface area (Å²) < 4.78 is 0. The third-order valence-electron chi connectivity index (χ3n) is 4.96. The second-order valence-electron chi connectivity index (χ2n) is 5.86. The van der Waals surface area contributed by atoms with E-state index in [-0.39, 0.29) is 0 Å². The van der Waals surface area contributed by atoms with Crippen molar-refractivity contribution in [1.29, 1.82) is 0 Å². The fraction of sp³-hybridized carbons (Fsp3) is 0.688. The number of hydrogen-bond acceptors (Lipinski definition) is 3. The zero-order valence-corrected chi connectivity index (χ0v) is 13.6. The number of halogens is 1. The molecule has 0 aliphatic carbocycles. The van der Waals surface area contributed by atoms with Crippen LogP contribution in [0.3, 0.4) is 0 Å². The van der Waals surface area contributed by atoms with Gasteiger partial charge in [-0.1, -0.05) is 38.3 Å². The molecule has 0 spiro atoms. The average Bonchev–Trinajstić information content (AvgIpc) is 2.50. The Balaban J connectivity index is 1.99. The Bertz CT molecular complexity index is 433. The van der Waals surface area contributed by atoms with Gasteiger partial charge >= 0.3 is 0 Å². The fourth-order valence-electron chi connectivity index (χ4n) is 3.09. The maximum Gasteiger partial charge on any atom is 0.126 e. The Kier molecular flexibility index (Phi) is 5.28. The third-order valence-corrected chi connectivity index (χ3v) is 5.31. The number of nitrogens with zero attached hydrogens (tertiary/aromatic N) is 2. The van der Waals surface area contributed by atoms with Crippen molar-refractivity contribution in [2.75, 3.05) is 25.5 Å². The van der Waals surface area contributed by atoms with Gasteiger partial charge < -0.3 is 5.32 Å². The van der Waals surface area contributed by atoms with Gasteiger partial charge in [0.05, 0.1) is 10.7 Å². The van der Waals surface area contributed by atoms with Crippen LogP contribution in [0, 0.1) is 5.41 Å². The van der Waals surface area contributed by atoms with Crippen LogP contribution < -0.4 is 5.32 Å². The minimum absolute atomic E-state index is 0.570. The molecular formula is C16H26ClN3. The second-order valence-corrected chi connectivity index (χ2v) is 6.27. The number of likely N-dealkylation sites (tertiary alicyclic amines) is 1. The highest BCUT2D eigenvalue weighted by Crippen LogP contribution is 2.38. The van der Waals surface area contributed by atoms with E-state index in [1.165, 1.54) is 25.7 Å². The molecule has 2 rings (SSSR count). The maximum atomic E-state index is 6.27. The molecule has 1 aliphatic heterocycles. The largest absolute Gasteiger partial charge is 0.373 e. The van der Waals surface area contributed by atoms with E-state index >= 15 is 0 Å². The standard InChI is InChI=1S/C16H26ClN3/c1-4-16(5-2)8-10-20(11-9-16)12-14-13(17)6-7-15(18-3)19-14/h6-7H,4-5,8-12H2,1-3H3,(H,18,19). The van der Waals surface area contributed by atoms with Crippen molar-refractivity contribution in [3.63, 3.8) is 0 Å². The summed E-state index contributed by atoms with van der Waals surface area (Å²) >= 11 is 6.27. The van der Waals surface area contributed by atoms with Gasteiger partial charge in [-0.25, -0.2) is 4.98 Å². The van der Waals surface area contributed by atoms with Crippen molar-refractivity contribution in [1.82, 2.24) is 9.88 Å². The van der Waals surface area contributed by atoms with Gasteiger partial charge in [-0.05, 0) is 43.5 Å². The van der Waals surface area contributed by atoms with Crippen LogP contribution in [0.15, 0.2) is 12.1 Å². The predicted molar refractivity (Wildman–Crippen MR) is 86.3 cm³/mol. The van der Waals surface area contributed by atoms with E-state index in [9.17, 15) is 0 Å². The van der Waals surface area contributed by atoms with Gasteiger partial charge in [0.1, 0.15) is 5.82 Å². The monoisotopic (exact) mass is 295 g/mol. The highest BCUT2D eigenvalue weighted by atomic mass is 35.5. The molecule has 0 radical (unpaired) electrons. The number of rotatable bonds is 5. The molecule has 0 bridgehead atoms. The van der Waals surface area contributed by atoms with Crippen LogP contribution in [0.1, 0.15) is 45.2 Å². The van der Waals surface area contributed by atoms with Crippen LogP contribution in [0.25, 0.3) is 0 Å². The van der Waals surface area contributed by atoms with Gasteiger partial charge in [-0.3, -0.25) is 4.90 Å². The van der Waals surface area contributed by atoms with Gasteiger partial charge in [0.15, 0.2) is 0 Å². The summed E-state index contributed by atoms with van der Waals surface area (Å²) in [5.41, 5.74) is 1.56. The second kappa shape index (κ2) is 6.77. The molecule has 0 saturated carbocycles. The molecule has 1 N–H and O–H groups in total. The van der Waals surface area contributed by atoms with Crippen LogP contribution in [-0.4, -0.2) is 30.0 Å². The van der Waals surface area contributed by atoms with Crippen LogP contribution in [0.2, 0.25) is 5.02 Å². The van der Waals surface area contributed by atoms with Gasteiger partial charge in [0.25, 0.3) is 0 Å². The summed E-state index contributed by atoms with van der Waals surface area (Å²) in [6.07, 6.45) is 5.18. The number of pyridine rings is 1. The van der Waals surface area contributed by atoms with E-state index in [1.54, 1.807) is 0 Å². The first kappa shape index (κ1) is 15.6. The Morgan fingerprint density at radius 3 is 2.45 bits per heavy atom. The Morgan fingerprint density at radius 1 is 1.25 bits per heavy atom. The molecule has 112 valence electrons. The molecule has 0 unspecified atom stereocenters. The van der Waals surface area contributed by atoms with E-state index in [0.29, 0.717) is 5.41 Å². The van der Waals surface area contributed by atoms with E-state index in [1.807, 2.05) is 19.2 Å². The van der Waals surface area contributed by atoms with E-state index in [4.69, 9.17) is 11.6 Å². The molecular weight excluding hydrogens is 270 g/mol. The lowest BCUT2D eigenvalue weighted by atomic mass is 9.74. The Labute approximate surface area is 127 Å². The smallest absolute Gasteiger partial charge is 0.126 e. The molecule has 1 aromatic rings. The summed E-state index contributed by atoms with van der Waals surface area (Å²) in [5.74, 6) is 0.887. The van der Waals surface area contributed by atoms with Crippen molar-refractivity contribution < 1.29 is 0 Å². The number of aromatic nitrogens is 1. The molecule has 1 saturated heterocycles. The fourth-order valence-corrected chi connectivity index (χ4v) is 3.25. The Morgan fingerprint density at radius 2 is 1.90 bits per heavy atom. The van der Waals surface area contributed by atoms with E-state index in [2.05, 4.69) is 29.0 Å². The zero-order valence-electron chi connectivity index (χ0n) is 12.9. The minimum Gasteiger partial charge on any atom is -0.373 e. The van der Waals surface area contributed by atoms with Crippen molar-refractivity contribution in [3.8, 4) is 0 Å². The quantitative estimate of drug-likeness (QED) is 0.883. The first-order chi connectivity index (χ1) is 9.62. The normalized spacial score (nSPS) is 19.0. The van der Waals surface area contributed by atoms with Crippen molar-refractivity contribution >= 4 is 17.4 Å². The lowest BCUT2D eigenvalue weighted by Crippen LogP contribution is -2.39. The van der Waals surface area contributed by atoms with Crippen LogP contribution in [0.5, 0.6) is 0 Å². The van der Waals surface area contributed by atoms with Crippen LogP contribution >= 0.6 is 11.6 Å². The Hall–Kier alpha value is -0.800. The molecule has 0 atom stereocenters. The van der Waals surface area contributed by atoms with Gasteiger partial charge in [-0.15, -0.1) is 0 Å². The minimum atomic E-state index is 0.570. The molecule has 1 fully saturated rings. The predicted octanol–water partition coefficient (Wildman–Crippen LogP) is 4.18. The van der Waals surface area contributed by atoms with Gasteiger partial charge in [0, 0.05) is 13.6 Å². The van der Waals surface area contributed by atoms with E-state index < -0.39 is 0 Å². The van der Waals surface area contributed by atoms with Gasteiger partial charge in [0.2, 0.25) is 0 Å². The number of hydrogen-bond donors (Lipinski definition) is 1. The summed E-state index contributed by atoms with van der Waals surface area (Å²) in [6.45, 7) is 7.83. The molecule has 4 heteroatoms. The highest BCUT2D eigenvalue weighted by Gasteiger charge is 2.31. The molecule has 20 heavy (non-hydrogen) atoms. The third kappa shape index (κ3) is 3.44. The van der Waals surface area contributed by atoms with Crippen molar-refractivity contribution in [2.24, 2.45) is 5.41 Å². The lowest BCUT2D eigenvalue weighted by Gasteiger charge is -2.41. The first-order valence-corrected chi connectivity index (χ1v) is 8.06. The average molecular weight is 296 g/mol. The molecule has 2 heterocycles. The molecule has 0 amide bonds. The van der Waals surface area contributed by atoms with Crippen molar-refractivity contribution in [2.45, 2.75) is 46.1 Å². The van der Waals surface area contributed by atoms with E-state index in [0.717, 1.165) is 36.2 Å². The number of piperidine rings is 1. The summed E-state index contributed by atoms with van der Waals surface area (Å²) in [7, 11) is 1.89. The zero-order chi connectivity index (χ0) is 14.6. The number of nitrogens with one attached hydrogen (secondary N) is 1. The molecule has 1 aliphatic rings. The summed E-state index contributed by atoms with van der Waals surface area (Å²) in [4.78, 5) is 7.06. The first-order valence-electron chi connectivity index (χ1n) is 7.68. The highest BCUT2D eigenvalue weighted by molar-refractivity contribution is 6.31. The summed E-state index contributed by atoms with van der Waals surface area (Å²) in [6, 6.07) is 3.85. The van der Waals surface area contributed by atoms with Crippen LogP contribution in [-0.2, 0) is 6.54 Å². The molecule has 3 nitrogen and oxygen atoms in total. The molecule has 1 aromatic heterocycles. The topological polar surface area (TPSA) is 28.2 Å². The SMILES string of the molecule is CCC1(CC)CCN(Cc2nc(NC)ccc2Cl)CC1.